The predicted octanol–water partition coefficient (Wildman–Crippen LogP) is 0.429. The van der Waals surface area contributed by atoms with E-state index in [0.717, 1.165) is 6.92 Å². The van der Waals surface area contributed by atoms with Crippen LogP contribution in [0.2, 0.25) is 0 Å². The first-order valence-corrected chi connectivity index (χ1v) is 4.03. The number of carbonyl (C=O) groups is 2. The second-order valence-electron chi connectivity index (χ2n) is 2.34. The molecule has 0 heterocycles. The van der Waals surface area contributed by atoms with E-state index in [1.165, 1.54) is 0 Å². The van der Waals surface area contributed by atoms with Gasteiger partial charge in [-0.05, 0) is 13.8 Å². The summed E-state index contributed by atoms with van der Waals surface area (Å²) in [6, 6.07) is 0. The van der Waals surface area contributed by atoms with Crippen LogP contribution in [0.25, 0.3) is 0 Å². The van der Waals surface area contributed by atoms with E-state index >= 15 is 0 Å². The minimum atomic E-state index is -2.12. The van der Waals surface area contributed by atoms with E-state index in [9.17, 15) is 9.59 Å². The Labute approximate surface area is 76.6 Å². The first-order valence-electron chi connectivity index (χ1n) is 4.03. The molecule has 0 saturated heterocycles. The van der Waals surface area contributed by atoms with Crippen LogP contribution in [0.5, 0.6) is 0 Å². The first kappa shape index (κ1) is 12.1. The third kappa shape index (κ3) is 2.50. The summed E-state index contributed by atoms with van der Waals surface area (Å²) in [5.41, 5.74) is 0. The molecule has 0 saturated carbocycles. The van der Waals surface area contributed by atoms with Crippen LogP contribution >= 0.6 is 0 Å². The SMILES string of the molecule is CCOC(OCC)(C(C)=O)C(=O)O. The third-order valence-electron chi connectivity index (χ3n) is 1.44. The Bertz CT molecular complexity index is 177. The lowest BCUT2D eigenvalue weighted by Gasteiger charge is -2.25. The highest BCUT2D eigenvalue weighted by Crippen LogP contribution is 2.15. The Hall–Kier alpha value is -0.940. The molecule has 0 aliphatic carbocycles. The largest absolute Gasteiger partial charge is 0.477 e. The fraction of sp³-hybridized carbons (Fsp3) is 0.750. The molecule has 13 heavy (non-hydrogen) atoms. The molecule has 5 heteroatoms. The Morgan fingerprint density at radius 1 is 1.23 bits per heavy atom. The summed E-state index contributed by atoms with van der Waals surface area (Å²) >= 11 is 0. The second kappa shape index (κ2) is 4.94. The van der Waals surface area contributed by atoms with Crippen molar-refractivity contribution in [2.45, 2.75) is 26.6 Å². The van der Waals surface area contributed by atoms with E-state index in [2.05, 4.69) is 0 Å². The molecule has 0 rings (SSSR count). The lowest BCUT2D eigenvalue weighted by molar-refractivity contribution is -0.233. The van der Waals surface area contributed by atoms with Crippen molar-refractivity contribution in [2.75, 3.05) is 13.2 Å². The number of carbonyl (C=O) groups excluding carboxylic acids is 1. The molecule has 0 unspecified atom stereocenters. The zero-order chi connectivity index (χ0) is 10.5. The van der Waals surface area contributed by atoms with Crippen LogP contribution in [0, 0.1) is 0 Å². The summed E-state index contributed by atoms with van der Waals surface area (Å²) in [7, 11) is 0. The van der Waals surface area contributed by atoms with Crippen LogP contribution in [0.4, 0.5) is 0 Å². The third-order valence-corrected chi connectivity index (χ3v) is 1.44. The van der Waals surface area contributed by atoms with E-state index in [1.54, 1.807) is 13.8 Å². The summed E-state index contributed by atoms with van der Waals surface area (Å²) in [5.74, 6) is -4.20. The molecule has 0 atom stereocenters. The van der Waals surface area contributed by atoms with Gasteiger partial charge >= 0.3 is 11.8 Å². The van der Waals surface area contributed by atoms with Gasteiger partial charge in [0.2, 0.25) is 5.78 Å². The van der Waals surface area contributed by atoms with Gasteiger partial charge in [0.05, 0.1) is 0 Å². The first-order chi connectivity index (χ1) is 6.01. The number of hydrogen-bond acceptors (Lipinski definition) is 4. The van der Waals surface area contributed by atoms with Crippen molar-refractivity contribution in [1.29, 1.82) is 0 Å². The molecule has 0 aromatic heterocycles. The van der Waals surface area contributed by atoms with Crippen LogP contribution in [0.3, 0.4) is 0 Å². The van der Waals surface area contributed by atoms with E-state index in [4.69, 9.17) is 14.6 Å². The Morgan fingerprint density at radius 3 is 1.77 bits per heavy atom. The highest BCUT2D eigenvalue weighted by molar-refractivity contribution is 6.03. The predicted molar refractivity (Wildman–Crippen MR) is 44.3 cm³/mol. The van der Waals surface area contributed by atoms with Crippen molar-refractivity contribution >= 4 is 11.8 Å². The Morgan fingerprint density at radius 2 is 1.62 bits per heavy atom. The standard InChI is InChI=1S/C8H14O5/c1-4-12-8(6(3)9,7(10)11)13-5-2/h4-5H2,1-3H3,(H,10,11). The van der Waals surface area contributed by atoms with E-state index in [1.807, 2.05) is 0 Å². The van der Waals surface area contributed by atoms with Gasteiger partial charge in [-0.2, -0.15) is 0 Å². The highest BCUT2D eigenvalue weighted by atomic mass is 16.7. The van der Waals surface area contributed by atoms with Gasteiger partial charge in [-0.3, -0.25) is 4.79 Å². The monoisotopic (exact) mass is 190 g/mol. The van der Waals surface area contributed by atoms with Gasteiger partial charge in [0, 0.05) is 20.1 Å². The molecule has 1 N–H and O–H groups in total. The van der Waals surface area contributed by atoms with Gasteiger partial charge in [-0.15, -0.1) is 0 Å². The van der Waals surface area contributed by atoms with Crippen LogP contribution in [0.15, 0.2) is 0 Å². The van der Waals surface area contributed by atoms with Crippen molar-refractivity contribution in [3.05, 3.63) is 0 Å². The maximum absolute atomic E-state index is 11.1. The van der Waals surface area contributed by atoms with E-state index < -0.39 is 17.5 Å². The molecule has 5 nitrogen and oxygen atoms in total. The molecule has 0 bridgehead atoms. The smallest absolute Gasteiger partial charge is 0.372 e. The number of aliphatic carboxylic acids is 1. The van der Waals surface area contributed by atoms with Crippen molar-refractivity contribution in [1.82, 2.24) is 0 Å². The molecule has 0 fully saturated rings. The summed E-state index contributed by atoms with van der Waals surface area (Å²) in [4.78, 5) is 21.8. The zero-order valence-corrected chi connectivity index (χ0v) is 7.99. The van der Waals surface area contributed by atoms with Crippen molar-refractivity contribution in [2.24, 2.45) is 0 Å². The van der Waals surface area contributed by atoms with Gasteiger partial charge < -0.3 is 14.6 Å². The number of ether oxygens (including phenoxy) is 2. The number of ketones is 1. The molecule has 0 spiro atoms. The number of carboxylic acids is 1. The van der Waals surface area contributed by atoms with Crippen molar-refractivity contribution in [3.63, 3.8) is 0 Å². The molecule has 0 aliphatic rings. The molecule has 0 aliphatic heterocycles. The fourth-order valence-corrected chi connectivity index (χ4v) is 0.926. The minimum Gasteiger partial charge on any atom is -0.477 e. The minimum absolute atomic E-state index is 0.103. The average molecular weight is 190 g/mol. The van der Waals surface area contributed by atoms with Crippen LogP contribution in [-0.2, 0) is 19.1 Å². The maximum Gasteiger partial charge on any atom is 0.372 e. The van der Waals surface area contributed by atoms with Gasteiger partial charge in [0.1, 0.15) is 0 Å². The number of rotatable bonds is 6. The summed E-state index contributed by atoms with van der Waals surface area (Å²) in [6.07, 6.45) is 0. The molecule has 0 aromatic carbocycles. The molecular weight excluding hydrogens is 176 g/mol. The number of Topliss-reactive ketones (excluding diaryl/α,β-unsaturated/α-hetero) is 1. The Kier molecular flexibility index (Phi) is 4.58. The van der Waals surface area contributed by atoms with Crippen LogP contribution in [-0.4, -0.2) is 35.9 Å². The quantitative estimate of drug-likeness (QED) is 0.485. The van der Waals surface area contributed by atoms with E-state index in [-0.39, 0.29) is 13.2 Å². The van der Waals surface area contributed by atoms with Crippen molar-refractivity contribution < 1.29 is 24.2 Å². The molecule has 0 radical (unpaired) electrons. The van der Waals surface area contributed by atoms with Gasteiger partial charge in [0.15, 0.2) is 0 Å². The van der Waals surface area contributed by atoms with Gasteiger partial charge in [-0.1, -0.05) is 0 Å². The van der Waals surface area contributed by atoms with Crippen LogP contribution < -0.4 is 0 Å². The fourth-order valence-electron chi connectivity index (χ4n) is 0.926. The summed E-state index contributed by atoms with van der Waals surface area (Å²) in [6.45, 7) is 4.52. The van der Waals surface area contributed by atoms with Gasteiger partial charge in [0.25, 0.3) is 0 Å². The number of hydrogen-bond donors (Lipinski definition) is 1. The Balaban J connectivity index is 4.80. The highest BCUT2D eigenvalue weighted by Gasteiger charge is 2.46. The van der Waals surface area contributed by atoms with Crippen molar-refractivity contribution in [3.8, 4) is 0 Å². The van der Waals surface area contributed by atoms with Crippen LogP contribution in [0.1, 0.15) is 20.8 Å². The lowest BCUT2D eigenvalue weighted by atomic mass is 10.2. The summed E-state index contributed by atoms with van der Waals surface area (Å²) in [5, 5.41) is 8.79. The lowest BCUT2D eigenvalue weighted by Crippen LogP contribution is -2.50. The maximum atomic E-state index is 11.1. The molecule has 0 aromatic rings. The molecule has 0 amide bonds. The molecular formula is C8H14O5. The normalized spacial score (nSPS) is 11.3. The second-order valence-corrected chi connectivity index (χ2v) is 2.34. The average Bonchev–Trinajstić information content (AvgIpc) is 2.03. The topological polar surface area (TPSA) is 72.8 Å². The summed E-state index contributed by atoms with van der Waals surface area (Å²) < 4.78 is 9.64. The molecule has 76 valence electrons. The number of carboxylic acid groups (broad SMARTS) is 1. The van der Waals surface area contributed by atoms with Gasteiger partial charge in [-0.25, -0.2) is 4.79 Å². The van der Waals surface area contributed by atoms with E-state index in [0.29, 0.717) is 0 Å². The zero-order valence-electron chi connectivity index (χ0n) is 7.99.